The number of carbonyl (C=O) groups excluding carboxylic acids is 1. The zero-order valence-corrected chi connectivity index (χ0v) is 10.8. The molecular formula is C12H17ClN2O2. The Hall–Kier alpha value is -1.26. The van der Waals surface area contributed by atoms with E-state index in [1.54, 1.807) is 30.2 Å². The molecule has 1 aromatic carbocycles. The Balaban J connectivity index is 2.82. The number of ether oxygens (including phenoxy) is 1. The lowest BCUT2D eigenvalue weighted by Crippen LogP contribution is -2.33. The number of carbonyl (C=O) groups is 1. The molecule has 0 aliphatic heterocycles. The number of nitrogens with two attached hydrogens (primary N) is 1. The van der Waals surface area contributed by atoms with Gasteiger partial charge in [-0.2, -0.15) is 0 Å². The summed E-state index contributed by atoms with van der Waals surface area (Å²) in [5.41, 5.74) is 6.64. The maximum atomic E-state index is 12.1. The number of hydrogen-bond acceptors (Lipinski definition) is 3. The van der Waals surface area contributed by atoms with Crippen LogP contribution in [0.25, 0.3) is 0 Å². The topological polar surface area (TPSA) is 55.6 Å². The third-order valence-electron chi connectivity index (χ3n) is 2.48. The second kappa shape index (κ2) is 6.47. The smallest absolute Gasteiger partial charge is 0.253 e. The Morgan fingerprint density at radius 1 is 1.53 bits per heavy atom. The number of rotatable bonds is 5. The Morgan fingerprint density at radius 3 is 2.76 bits per heavy atom. The van der Waals surface area contributed by atoms with Gasteiger partial charge in [-0.1, -0.05) is 11.6 Å². The number of nitrogen functional groups attached to an aromatic ring is 1. The molecule has 1 aromatic rings. The Kier molecular flexibility index (Phi) is 5.25. The third kappa shape index (κ3) is 3.61. The van der Waals surface area contributed by atoms with Crippen LogP contribution in [0.4, 0.5) is 5.69 Å². The molecule has 2 N–H and O–H groups in total. The van der Waals surface area contributed by atoms with Crippen molar-refractivity contribution >= 4 is 23.2 Å². The molecule has 94 valence electrons. The molecule has 5 heteroatoms. The van der Waals surface area contributed by atoms with E-state index in [-0.39, 0.29) is 5.91 Å². The monoisotopic (exact) mass is 256 g/mol. The van der Waals surface area contributed by atoms with Crippen LogP contribution >= 0.6 is 11.6 Å². The number of halogens is 1. The molecule has 0 aromatic heterocycles. The first-order valence-corrected chi connectivity index (χ1v) is 5.81. The highest BCUT2D eigenvalue weighted by atomic mass is 35.5. The highest BCUT2D eigenvalue weighted by Crippen LogP contribution is 2.20. The minimum atomic E-state index is -0.0621. The van der Waals surface area contributed by atoms with Crippen molar-refractivity contribution in [3.05, 3.63) is 28.8 Å². The van der Waals surface area contributed by atoms with Gasteiger partial charge in [0.25, 0.3) is 5.91 Å². The van der Waals surface area contributed by atoms with Gasteiger partial charge in [0.05, 0.1) is 17.3 Å². The Labute approximate surface area is 106 Å². The molecule has 0 saturated carbocycles. The second-order valence-corrected chi connectivity index (χ2v) is 4.02. The Morgan fingerprint density at radius 2 is 2.24 bits per heavy atom. The van der Waals surface area contributed by atoms with Gasteiger partial charge in [-0.05, 0) is 25.1 Å². The normalized spacial score (nSPS) is 10.3. The van der Waals surface area contributed by atoms with Crippen molar-refractivity contribution in [2.24, 2.45) is 0 Å². The van der Waals surface area contributed by atoms with Crippen molar-refractivity contribution in [2.75, 3.05) is 32.5 Å². The molecule has 0 heterocycles. The van der Waals surface area contributed by atoms with E-state index in [0.717, 1.165) is 0 Å². The molecule has 0 atom stereocenters. The molecule has 0 unspecified atom stereocenters. The predicted octanol–water partition coefficient (Wildman–Crippen LogP) is 2.03. The van der Waals surface area contributed by atoms with Gasteiger partial charge in [0, 0.05) is 25.8 Å². The van der Waals surface area contributed by atoms with Crippen molar-refractivity contribution in [1.82, 2.24) is 4.90 Å². The van der Waals surface area contributed by atoms with Gasteiger partial charge in [-0.25, -0.2) is 0 Å². The number of amides is 1. The van der Waals surface area contributed by atoms with Crippen molar-refractivity contribution in [1.29, 1.82) is 0 Å². The summed E-state index contributed by atoms with van der Waals surface area (Å²) < 4.78 is 4.96. The van der Waals surface area contributed by atoms with Crippen LogP contribution in [0.15, 0.2) is 18.2 Å². The molecular weight excluding hydrogens is 240 g/mol. The maximum absolute atomic E-state index is 12.1. The lowest BCUT2D eigenvalue weighted by atomic mass is 10.1. The number of benzene rings is 1. The summed E-state index contributed by atoms with van der Waals surface area (Å²) in [6, 6.07) is 4.91. The zero-order chi connectivity index (χ0) is 12.8. The molecule has 1 rings (SSSR count). The van der Waals surface area contributed by atoms with Crippen molar-refractivity contribution < 1.29 is 9.53 Å². The predicted molar refractivity (Wildman–Crippen MR) is 69.3 cm³/mol. The van der Waals surface area contributed by atoms with E-state index in [1.807, 2.05) is 6.92 Å². The zero-order valence-electron chi connectivity index (χ0n) is 10.1. The molecule has 0 radical (unpaired) electrons. The van der Waals surface area contributed by atoms with Crippen LogP contribution < -0.4 is 5.73 Å². The first-order chi connectivity index (χ1) is 8.10. The van der Waals surface area contributed by atoms with E-state index in [0.29, 0.717) is 36.0 Å². The second-order valence-electron chi connectivity index (χ2n) is 3.61. The molecule has 0 aliphatic rings. The average molecular weight is 257 g/mol. The largest absolute Gasteiger partial charge is 0.398 e. The van der Waals surface area contributed by atoms with Gasteiger partial charge >= 0.3 is 0 Å². The number of hydrogen-bond donors (Lipinski definition) is 1. The highest BCUT2D eigenvalue weighted by Gasteiger charge is 2.14. The third-order valence-corrected chi connectivity index (χ3v) is 2.82. The average Bonchev–Trinajstić information content (AvgIpc) is 2.33. The number of anilines is 1. The summed E-state index contributed by atoms with van der Waals surface area (Å²) in [5, 5.41) is 0.460. The summed E-state index contributed by atoms with van der Waals surface area (Å²) in [5.74, 6) is -0.0621. The van der Waals surface area contributed by atoms with Crippen LogP contribution in [0.2, 0.25) is 5.02 Å². The summed E-state index contributed by atoms with van der Waals surface area (Å²) in [7, 11) is 1.61. The van der Waals surface area contributed by atoms with Crippen LogP contribution in [0.3, 0.4) is 0 Å². The van der Waals surface area contributed by atoms with E-state index < -0.39 is 0 Å². The van der Waals surface area contributed by atoms with Crippen molar-refractivity contribution in [2.45, 2.75) is 6.92 Å². The van der Waals surface area contributed by atoms with Crippen molar-refractivity contribution in [3.8, 4) is 0 Å². The molecule has 0 bridgehead atoms. The summed E-state index contributed by atoms with van der Waals surface area (Å²) >= 11 is 5.81. The maximum Gasteiger partial charge on any atom is 0.253 e. The van der Waals surface area contributed by atoms with Gasteiger partial charge in [-0.15, -0.1) is 0 Å². The molecule has 0 spiro atoms. The highest BCUT2D eigenvalue weighted by molar-refractivity contribution is 6.33. The van der Waals surface area contributed by atoms with Crippen LogP contribution in [0.1, 0.15) is 17.3 Å². The number of likely N-dealkylation sites (N-methyl/N-ethyl adjacent to an activating group) is 1. The van der Waals surface area contributed by atoms with E-state index >= 15 is 0 Å². The fourth-order valence-corrected chi connectivity index (χ4v) is 1.58. The molecule has 0 aliphatic carbocycles. The van der Waals surface area contributed by atoms with Crippen LogP contribution in [-0.2, 0) is 4.74 Å². The Bertz CT molecular complexity index is 396. The van der Waals surface area contributed by atoms with E-state index in [9.17, 15) is 4.79 Å². The molecule has 1 amide bonds. The van der Waals surface area contributed by atoms with Crippen LogP contribution in [-0.4, -0.2) is 37.6 Å². The summed E-state index contributed by atoms with van der Waals surface area (Å²) in [6.45, 7) is 3.63. The number of nitrogens with zero attached hydrogens (tertiary/aromatic N) is 1. The van der Waals surface area contributed by atoms with E-state index in [4.69, 9.17) is 22.1 Å². The molecule has 17 heavy (non-hydrogen) atoms. The fraction of sp³-hybridized carbons (Fsp3) is 0.417. The van der Waals surface area contributed by atoms with Gasteiger partial charge < -0.3 is 15.4 Å². The van der Waals surface area contributed by atoms with Gasteiger partial charge in [-0.3, -0.25) is 4.79 Å². The quantitative estimate of drug-likeness (QED) is 0.820. The van der Waals surface area contributed by atoms with Crippen LogP contribution in [0, 0.1) is 0 Å². The minimum absolute atomic E-state index is 0.0621. The van der Waals surface area contributed by atoms with Gasteiger partial charge in [0.2, 0.25) is 0 Å². The van der Waals surface area contributed by atoms with Crippen molar-refractivity contribution in [3.63, 3.8) is 0 Å². The van der Waals surface area contributed by atoms with Gasteiger partial charge in [0.15, 0.2) is 0 Å². The molecule has 0 fully saturated rings. The number of methoxy groups -OCH3 is 1. The fourth-order valence-electron chi connectivity index (χ4n) is 1.46. The minimum Gasteiger partial charge on any atom is -0.398 e. The first kappa shape index (κ1) is 13.8. The standard InChI is InChI=1S/C12H17ClN2O2/c1-3-15(6-7-17-2)12(16)9-4-5-10(13)11(14)8-9/h4-5,8H,3,6-7,14H2,1-2H3. The van der Waals surface area contributed by atoms with Crippen LogP contribution in [0.5, 0.6) is 0 Å². The summed E-state index contributed by atoms with van der Waals surface area (Å²) in [6.07, 6.45) is 0. The van der Waals surface area contributed by atoms with Gasteiger partial charge in [0.1, 0.15) is 0 Å². The van der Waals surface area contributed by atoms with E-state index in [1.165, 1.54) is 0 Å². The first-order valence-electron chi connectivity index (χ1n) is 5.43. The summed E-state index contributed by atoms with van der Waals surface area (Å²) in [4.78, 5) is 13.8. The van der Waals surface area contributed by atoms with E-state index in [2.05, 4.69) is 0 Å². The SMILES string of the molecule is CCN(CCOC)C(=O)c1ccc(Cl)c(N)c1. The molecule has 0 saturated heterocycles. The molecule has 4 nitrogen and oxygen atoms in total. The lowest BCUT2D eigenvalue weighted by molar-refractivity contribution is 0.0706. The lowest BCUT2D eigenvalue weighted by Gasteiger charge is -2.20.